The van der Waals surface area contributed by atoms with Gasteiger partial charge in [0.15, 0.2) is 0 Å². The summed E-state index contributed by atoms with van der Waals surface area (Å²) in [5.74, 6) is -1.04. The SMILES string of the molecule is CCOC(=O)CNc1c(Cl)cccc1C(N)=O. The van der Waals surface area contributed by atoms with Crippen LogP contribution in [0.5, 0.6) is 0 Å². The molecule has 17 heavy (non-hydrogen) atoms. The Labute approximate surface area is 104 Å². The van der Waals surface area contributed by atoms with E-state index < -0.39 is 11.9 Å². The molecule has 0 aliphatic heterocycles. The van der Waals surface area contributed by atoms with E-state index in [-0.39, 0.29) is 12.1 Å². The summed E-state index contributed by atoms with van der Waals surface area (Å²) in [6.45, 7) is 1.94. The van der Waals surface area contributed by atoms with E-state index in [9.17, 15) is 9.59 Å². The van der Waals surface area contributed by atoms with Crippen LogP contribution in [0.2, 0.25) is 5.02 Å². The number of halogens is 1. The van der Waals surface area contributed by atoms with Gasteiger partial charge in [0, 0.05) is 0 Å². The van der Waals surface area contributed by atoms with Gasteiger partial charge in [-0.3, -0.25) is 9.59 Å². The average Bonchev–Trinajstić information content (AvgIpc) is 2.27. The summed E-state index contributed by atoms with van der Waals surface area (Å²) in [5.41, 5.74) is 5.77. The van der Waals surface area contributed by atoms with Gasteiger partial charge in [0.25, 0.3) is 5.91 Å². The zero-order valence-corrected chi connectivity index (χ0v) is 10.1. The zero-order chi connectivity index (χ0) is 12.8. The molecule has 0 bridgehead atoms. The van der Waals surface area contributed by atoms with Gasteiger partial charge >= 0.3 is 5.97 Å². The molecule has 6 heteroatoms. The van der Waals surface area contributed by atoms with Crippen LogP contribution in [0.1, 0.15) is 17.3 Å². The van der Waals surface area contributed by atoms with Gasteiger partial charge in [-0.1, -0.05) is 17.7 Å². The lowest BCUT2D eigenvalue weighted by atomic mass is 10.1. The van der Waals surface area contributed by atoms with E-state index in [1.165, 1.54) is 6.07 Å². The van der Waals surface area contributed by atoms with Crippen LogP contribution in [0, 0.1) is 0 Å². The molecule has 0 heterocycles. The first-order valence-corrected chi connectivity index (χ1v) is 5.41. The van der Waals surface area contributed by atoms with Crippen molar-refractivity contribution in [2.24, 2.45) is 5.73 Å². The lowest BCUT2D eigenvalue weighted by Crippen LogP contribution is -2.20. The highest BCUT2D eigenvalue weighted by molar-refractivity contribution is 6.34. The Morgan fingerprint density at radius 2 is 2.18 bits per heavy atom. The molecule has 0 saturated carbocycles. The van der Waals surface area contributed by atoms with Crippen molar-refractivity contribution < 1.29 is 14.3 Å². The number of primary amides is 1. The molecule has 0 aromatic heterocycles. The third-order valence-corrected chi connectivity index (χ3v) is 2.31. The van der Waals surface area contributed by atoms with Gasteiger partial charge in [-0.25, -0.2) is 0 Å². The molecule has 1 amide bonds. The second-order valence-corrected chi connectivity index (χ2v) is 3.59. The molecule has 0 atom stereocenters. The summed E-state index contributed by atoms with van der Waals surface area (Å²) in [6.07, 6.45) is 0. The quantitative estimate of drug-likeness (QED) is 0.781. The lowest BCUT2D eigenvalue weighted by Gasteiger charge is -2.11. The van der Waals surface area contributed by atoms with Gasteiger partial charge in [-0.15, -0.1) is 0 Å². The highest BCUT2D eigenvalue weighted by Crippen LogP contribution is 2.25. The molecule has 0 spiro atoms. The Morgan fingerprint density at radius 1 is 1.47 bits per heavy atom. The maximum absolute atomic E-state index is 11.2. The van der Waals surface area contributed by atoms with Gasteiger partial charge in [0.2, 0.25) is 0 Å². The molecule has 92 valence electrons. The number of hydrogen-bond acceptors (Lipinski definition) is 4. The highest BCUT2D eigenvalue weighted by Gasteiger charge is 2.12. The molecule has 3 N–H and O–H groups in total. The first-order valence-electron chi connectivity index (χ1n) is 5.04. The van der Waals surface area contributed by atoms with Crippen LogP contribution in [0.25, 0.3) is 0 Å². The maximum atomic E-state index is 11.2. The molecule has 0 aliphatic carbocycles. The zero-order valence-electron chi connectivity index (χ0n) is 9.33. The molecule has 5 nitrogen and oxygen atoms in total. The Bertz CT molecular complexity index is 435. The van der Waals surface area contributed by atoms with Crippen molar-refractivity contribution in [3.05, 3.63) is 28.8 Å². The van der Waals surface area contributed by atoms with Gasteiger partial charge in [-0.2, -0.15) is 0 Å². The molecular formula is C11H13ClN2O3. The summed E-state index contributed by atoms with van der Waals surface area (Å²) in [7, 11) is 0. The summed E-state index contributed by atoms with van der Waals surface area (Å²) in [6, 6.07) is 4.74. The third-order valence-electron chi connectivity index (χ3n) is 1.99. The van der Waals surface area contributed by atoms with Crippen molar-refractivity contribution in [3.8, 4) is 0 Å². The Balaban J connectivity index is 2.82. The predicted octanol–water partition coefficient (Wildman–Crippen LogP) is 1.41. The van der Waals surface area contributed by atoms with E-state index in [0.29, 0.717) is 17.3 Å². The van der Waals surface area contributed by atoms with Crippen LogP contribution in [0.3, 0.4) is 0 Å². The van der Waals surface area contributed by atoms with Crippen molar-refractivity contribution in [3.63, 3.8) is 0 Å². The summed E-state index contributed by atoms with van der Waals surface area (Å²) >= 11 is 5.91. The minimum Gasteiger partial charge on any atom is -0.465 e. The van der Waals surface area contributed by atoms with E-state index in [1.54, 1.807) is 19.1 Å². The van der Waals surface area contributed by atoms with Crippen molar-refractivity contribution in [1.29, 1.82) is 0 Å². The van der Waals surface area contributed by atoms with Gasteiger partial charge in [0.1, 0.15) is 6.54 Å². The fourth-order valence-electron chi connectivity index (χ4n) is 1.28. The predicted molar refractivity (Wildman–Crippen MR) is 65.1 cm³/mol. The Hall–Kier alpha value is -1.75. The Kier molecular flexibility index (Phi) is 4.78. The fourth-order valence-corrected chi connectivity index (χ4v) is 1.52. The number of carbonyl (C=O) groups excluding carboxylic acids is 2. The van der Waals surface area contributed by atoms with Crippen LogP contribution < -0.4 is 11.1 Å². The van der Waals surface area contributed by atoms with Crippen molar-refractivity contribution in [2.75, 3.05) is 18.5 Å². The second kappa shape index (κ2) is 6.10. The summed E-state index contributed by atoms with van der Waals surface area (Å²) in [5, 5.41) is 3.06. The summed E-state index contributed by atoms with van der Waals surface area (Å²) in [4.78, 5) is 22.3. The smallest absolute Gasteiger partial charge is 0.325 e. The molecular weight excluding hydrogens is 244 g/mol. The molecule has 0 aliphatic rings. The first-order chi connectivity index (χ1) is 8.06. The topological polar surface area (TPSA) is 81.4 Å². The lowest BCUT2D eigenvalue weighted by molar-refractivity contribution is -0.140. The number of nitrogens with two attached hydrogens (primary N) is 1. The van der Waals surface area contributed by atoms with Crippen LogP contribution >= 0.6 is 11.6 Å². The molecule has 1 rings (SSSR count). The van der Waals surface area contributed by atoms with Gasteiger partial charge in [-0.05, 0) is 19.1 Å². The number of amides is 1. The van der Waals surface area contributed by atoms with Crippen molar-refractivity contribution in [2.45, 2.75) is 6.92 Å². The number of ether oxygens (including phenoxy) is 1. The average molecular weight is 257 g/mol. The standard InChI is InChI=1S/C11H13ClN2O3/c1-2-17-9(15)6-14-10-7(11(13)16)4-3-5-8(10)12/h3-5,14H,2,6H2,1H3,(H2,13,16). The van der Waals surface area contributed by atoms with Crippen molar-refractivity contribution >= 4 is 29.2 Å². The second-order valence-electron chi connectivity index (χ2n) is 3.19. The Morgan fingerprint density at radius 3 is 2.76 bits per heavy atom. The molecule has 1 aromatic rings. The number of para-hydroxylation sites is 1. The minimum atomic E-state index is -0.612. The van der Waals surface area contributed by atoms with E-state index in [0.717, 1.165) is 0 Å². The number of nitrogens with one attached hydrogen (secondary N) is 1. The van der Waals surface area contributed by atoms with Crippen LogP contribution in [0.15, 0.2) is 18.2 Å². The van der Waals surface area contributed by atoms with Gasteiger partial charge in [0.05, 0.1) is 22.9 Å². The van der Waals surface area contributed by atoms with Crippen LogP contribution in [-0.2, 0) is 9.53 Å². The van der Waals surface area contributed by atoms with E-state index in [1.807, 2.05) is 0 Å². The molecule has 1 aromatic carbocycles. The monoisotopic (exact) mass is 256 g/mol. The highest BCUT2D eigenvalue weighted by atomic mass is 35.5. The molecule has 0 saturated heterocycles. The number of carbonyl (C=O) groups is 2. The van der Waals surface area contributed by atoms with Crippen molar-refractivity contribution in [1.82, 2.24) is 0 Å². The fraction of sp³-hybridized carbons (Fsp3) is 0.273. The largest absolute Gasteiger partial charge is 0.465 e. The third kappa shape index (κ3) is 3.64. The van der Waals surface area contributed by atoms with E-state index in [2.05, 4.69) is 5.32 Å². The number of rotatable bonds is 5. The first kappa shape index (κ1) is 13.3. The number of esters is 1. The van der Waals surface area contributed by atoms with Crippen LogP contribution in [-0.4, -0.2) is 25.0 Å². The normalized spacial score (nSPS) is 9.76. The van der Waals surface area contributed by atoms with E-state index >= 15 is 0 Å². The molecule has 0 fully saturated rings. The number of anilines is 1. The van der Waals surface area contributed by atoms with Gasteiger partial charge < -0.3 is 15.8 Å². The summed E-state index contributed by atoms with van der Waals surface area (Å²) < 4.78 is 4.74. The maximum Gasteiger partial charge on any atom is 0.325 e. The number of benzene rings is 1. The molecule has 0 radical (unpaired) electrons. The van der Waals surface area contributed by atoms with E-state index in [4.69, 9.17) is 22.1 Å². The number of hydrogen-bond donors (Lipinski definition) is 2. The molecule has 0 unspecified atom stereocenters. The minimum absolute atomic E-state index is 0.0716. The van der Waals surface area contributed by atoms with Crippen LogP contribution in [0.4, 0.5) is 5.69 Å².